The van der Waals surface area contributed by atoms with Crippen LogP contribution in [0.25, 0.3) is 0 Å². The summed E-state index contributed by atoms with van der Waals surface area (Å²) in [6.07, 6.45) is -1.30. The van der Waals surface area contributed by atoms with Gasteiger partial charge in [-0.3, -0.25) is 15.6 Å². The Morgan fingerprint density at radius 3 is 2.45 bits per heavy atom. The smallest absolute Gasteiger partial charge is 0.418 e. The SMILES string of the molecule is CCOC(=O)N1CN(C2CC(O[Si](C)(C)C)C(CO[Si](C)(C)C)O2)C(=O)NC1=N. The van der Waals surface area contributed by atoms with Crippen LogP contribution in [0.1, 0.15) is 13.3 Å². The Morgan fingerprint density at radius 1 is 1.24 bits per heavy atom. The summed E-state index contributed by atoms with van der Waals surface area (Å²) in [5.41, 5.74) is 0. The van der Waals surface area contributed by atoms with Gasteiger partial charge in [0.1, 0.15) is 19.0 Å². The third-order valence-electron chi connectivity index (χ3n) is 4.25. The second-order valence-corrected chi connectivity index (χ2v) is 18.0. The summed E-state index contributed by atoms with van der Waals surface area (Å²) < 4.78 is 23.5. The van der Waals surface area contributed by atoms with Crippen molar-refractivity contribution in [1.82, 2.24) is 15.1 Å². The number of carbonyl (C=O) groups excluding carboxylic acids is 2. The highest BCUT2D eigenvalue weighted by atomic mass is 28.4. The first-order valence-electron chi connectivity index (χ1n) is 9.88. The molecule has 0 aromatic rings. The molecule has 2 aliphatic heterocycles. The van der Waals surface area contributed by atoms with E-state index in [9.17, 15) is 9.59 Å². The van der Waals surface area contributed by atoms with Crippen LogP contribution >= 0.6 is 0 Å². The Balaban J connectivity index is 2.14. The zero-order valence-electron chi connectivity index (χ0n) is 18.4. The van der Waals surface area contributed by atoms with Crippen LogP contribution < -0.4 is 5.32 Å². The molecule has 0 bridgehead atoms. The molecule has 12 heteroatoms. The van der Waals surface area contributed by atoms with Crippen LogP contribution in [-0.2, 0) is 18.3 Å². The van der Waals surface area contributed by atoms with E-state index in [1.807, 2.05) is 0 Å². The maximum absolute atomic E-state index is 12.5. The first kappa shape index (κ1) is 23.8. The van der Waals surface area contributed by atoms with E-state index in [1.54, 1.807) is 6.92 Å². The first-order chi connectivity index (χ1) is 13.3. The van der Waals surface area contributed by atoms with Gasteiger partial charge in [-0.25, -0.2) is 14.5 Å². The average Bonchev–Trinajstić information content (AvgIpc) is 2.93. The lowest BCUT2D eigenvalue weighted by Gasteiger charge is -2.37. The molecule has 29 heavy (non-hydrogen) atoms. The van der Waals surface area contributed by atoms with Gasteiger partial charge in [-0.05, 0) is 46.2 Å². The molecule has 0 aromatic heterocycles. The zero-order valence-corrected chi connectivity index (χ0v) is 20.4. The summed E-state index contributed by atoms with van der Waals surface area (Å²) >= 11 is 0. The van der Waals surface area contributed by atoms with Crippen LogP contribution in [-0.4, -0.2) is 82.8 Å². The van der Waals surface area contributed by atoms with Crippen molar-refractivity contribution in [3.8, 4) is 0 Å². The molecular weight excluding hydrogens is 412 g/mol. The summed E-state index contributed by atoms with van der Waals surface area (Å²) in [5, 5.41) is 10.3. The summed E-state index contributed by atoms with van der Waals surface area (Å²) in [4.78, 5) is 27.1. The van der Waals surface area contributed by atoms with Crippen molar-refractivity contribution in [2.75, 3.05) is 19.9 Å². The number of carbonyl (C=O) groups is 2. The predicted molar refractivity (Wildman–Crippen MR) is 113 cm³/mol. The van der Waals surface area contributed by atoms with Crippen molar-refractivity contribution < 1.29 is 27.9 Å². The Labute approximate surface area is 174 Å². The second-order valence-electron chi connectivity index (χ2n) is 9.07. The molecule has 2 fully saturated rings. The van der Waals surface area contributed by atoms with Gasteiger partial charge in [0.2, 0.25) is 5.96 Å². The molecule has 3 unspecified atom stereocenters. The lowest BCUT2D eigenvalue weighted by atomic mass is 10.2. The fourth-order valence-electron chi connectivity index (χ4n) is 3.05. The van der Waals surface area contributed by atoms with E-state index >= 15 is 0 Å². The number of urea groups is 1. The first-order valence-corrected chi connectivity index (χ1v) is 16.7. The highest BCUT2D eigenvalue weighted by Crippen LogP contribution is 2.30. The molecule has 2 heterocycles. The van der Waals surface area contributed by atoms with Crippen LogP contribution in [0.15, 0.2) is 0 Å². The van der Waals surface area contributed by atoms with E-state index < -0.39 is 35.0 Å². The minimum atomic E-state index is -1.85. The van der Waals surface area contributed by atoms with Crippen molar-refractivity contribution in [2.45, 2.75) is 71.1 Å². The van der Waals surface area contributed by atoms with Crippen molar-refractivity contribution in [3.63, 3.8) is 0 Å². The average molecular weight is 447 g/mol. The van der Waals surface area contributed by atoms with Crippen molar-refractivity contribution in [1.29, 1.82) is 5.41 Å². The highest BCUT2D eigenvalue weighted by Gasteiger charge is 2.45. The van der Waals surface area contributed by atoms with Gasteiger partial charge >= 0.3 is 12.1 Å². The van der Waals surface area contributed by atoms with E-state index in [4.69, 9.17) is 23.7 Å². The molecular formula is C17H34N4O6Si2. The molecule has 166 valence electrons. The number of nitrogens with one attached hydrogen (secondary N) is 2. The maximum atomic E-state index is 12.5. The lowest BCUT2D eigenvalue weighted by molar-refractivity contribution is -0.0683. The van der Waals surface area contributed by atoms with Gasteiger partial charge < -0.3 is 18.3 Å². The van der Waals surface area contributed by atoms with Crippen LogP contribution in [0, 0.1) is 5.41 Å². The Hall–Kier alpha value is -1.48. The summed E-state index contributed by atoms with van der Waals surface area (Å²) in [5.74, 6) is -0.309. The van der Waals surface area contributed by atoms with Crippen molar-refractivity contribution in [2.24, 2.45) is 0 Å². The van der Waals surface area contributed by atoms with Crippen LogP contribution in [0.4, 0.5) is 9.59 Å². The maximum Gasteiger partial charge on any atom is 0.418 e. The van der Waals surface area contributed by atoms with Gasteiger partial charge in [0.25, 0.3) is 0 Å². The van der Waals surface area contributed by atoms with Gasteiger partial charge in [-0.15, -0.1) is 0 Å². The molecule has 2 aliphatic rings. The van der Waals surface area contributed by atoms with E-state index in [-0.39, 0.29) is 31.4 Å². The number of hydrogen-bond acceptors (Lipinski definition) is 7. The molecule has 2 N–H and O–H groups in total. The third kappa shape index (κ3) is 6.77. The standard InChI is InChI=1S/C17H34N4O6Si2/c1-8-24-17(23)21-11-20(16(22)19-15(21)18)14-9-12(27-29(5,6)7)13(26-14)10-25-28(2,3)4/h12-14H,8-11H2,1-7H3,(H2,18,19,22). The monoisotopic (exact) mass is 446 g/mol. The summed E-state index contributed by atoms with van der Waals surface area (Å²) in [6, 6.07) is -0.487. The molecule has 0 radical (unpaired) electrons. The van der Waals surface area contributed by atoms with E-state index in [1.165, 1.54) is 4.90 Å². The molecule has 2 saturated heterocycles. The number of hydrogen-bond donors (Lipinski definition) is 2. The van der Waals surface area contributed by atoms with Gasteiger partial charge in [0.15, 0.2) is 16.6 Å². The molecule has 3 atom stereocenters. The summed E-state index contributed by atoms with van der Waals surface area (Å²) in [6.45, 7) is 14.8. The normalized spacial score (nSPS) is 26.0. The molecule has 10 nitrogen and oxygen atoms in total. The van der Waals surface area contributed by atoms with E-state index in [2.05, 4.69) is 44.6 Å². The van der Waals surface area contributed by atoms with Gasteiger partial charge in [-0.1, -0.05) is 0 Å². The largest absolute Gasteiger partial charge is 0.449 e. The summed E-state index contributed by atoms with van der Waals surface area (Å²) in [7, 11) is -3.60. The lowest BCUT2D eigenvalue weighted by Crippen LogP contribution is -2.63. The Morgan fingerprint density at radius 2 is 1.90 bits per heavy atom. The van der Waals surface area contributed by atoms with Crippen molar-refractivity contribution >= 4 is 34.7 Å². The zero-order chi connectivity index (χ0) is 22.0. The third-order valence-corrected chi connectivity index (χ3v) is 6.29. The van der Waals surface area contributed by atoms with Gasteiger partial charge in [0.05, 0.1) is 19.3 Å². The minimum absolute atomic E-state index is 0.116. The van der Waals surface area contributed by atoms with Gasteiger partial charge in [0, 0.05) is 6.42 Å². The quantitative estimate of drug-likeness (QED) is 0.581. The van der Waals surface area contributed by atoms with E-state index in [0.29, 0.717) is 13.0 Å². The van der Waals surface area contributed by atoms with Crippen LogP contribution in [0.2, 0.25) is 39.3 Å². The number of ether oxygens (including phenoxy) is 2. The fourth-order valence-corrected chi connectivity index (χ4v) is 4.87. The van der Waals surface area contributed by atoms with Crippen LogP contribution in [0.5, 0.6) is 0 Å². The topological polar surface area (TPSA) is 113 Å². The molecule has 2 rings (SSSR count). The van der Waals surface area contributed by atoms with E-state index in [0.717, 1.165) is 4.90 Å². The van der Waals surface area contributed by atoms with Gasteiger partial charge in [-0.2, -0.15) is 0 Å². The number of nitrogens with zero attached hydrogens (tertiary/aromatic N) is 2. The van der Waals surface area contributed by atoms with Crippen LogP contribution in [0.3, 0.4) is 0 Å². The molecule has 0 aliphatic carbocycles. The Kier molecular flexibility index (Phi) is 7.49. The molecule has 0 saturated carbocycles. The Bertz CT molecular complexity index is 636. The number of amides is 3. The highest BCUT2D eigenvalue weighted by molar-refractivity contribution is 6.70. The number of rotatable bonds is 7. The second kappa shape index (κ2) is 9.12. The predicted octanol–water partition coefficient (Wildman–Crippen LogP) is 2.55. The number of guanidine groups is 1. The molecule has 0 spiro atoms. The molecule has 0 aromatic carbocycles. The molecule has 3 amide bonds. The fraction of sp³-hybridized carbons (Fsp3) is 0.824. The van der Waals surface area contributed by atoms with Crippen molar-refractivity contribution in [3.05, 3.63) is 0 Å². The minimum Gasteiger partial charge on any atom is -0.449 e.